The molecule has 0 aliphatic heterocycles. The van der Waals surface area contributed by atoms with Crippen molar-refractivity contribution < 1.29 is 14.6 Å². The van der Waals surface area contributed by atoms with Crippen LogP contribution in [0.5, 0.6) is 11.5 Å². The number of hydrogen-bond donors (Lipinski definition) is 1. The Morgan fingerprint density at radius 2 is 1.95 bits per heavy atom. The number of methoxy groups -OCH3 is 1. The second-order valence-electron chi connectivity index (χ2n) is 4.41. The van der Waals surface area contributed by atoms with Gasteiger partial charge in [0.15, 0.2) is 17.3 Å². The Bertz CT molecular complexity index is 603. The summed E-state index contributed by atoms with van der Waals surface area (Å²) in [6, 6.07) is 12.5. The second-order valence-corrected chi connectivity index (χ2v) is 4.41. The van der Waals surface area contributed by atoms with Crippen molar-refractivity contribution in [2.45, 2.75) is 13.3 Å². The third-order valence-electron chi connectivity index (χ3n) is 3.11. The number of rotatable bonds is 4. The molecular weight excluding hydrogens is 240 g/mol. The van der Waals surface area contributed by atoms with Crippen LogP contribution in [0.2, 0.25) is 0 Å². The Morgan fingerprint density at radius 1 is 1.21 bits per heavy atom. The third-order valence-corrected chi connectivity index (χ3v) is 3.11. The molecule has 2 aromatic rings. The molecule has 98 valence electrons. The molecular formula is C16H16O3. The predicted molar refractivity (Wildman–Crippen MR) is 73.9 cm³/mol. The van der Waals surface area contributed by atoms with Crippen LogP contribution in [-0.2, 0) is 6.42 Å². The Hall–Kier alpha value is -2.29. The molecule has 0 aliphatic rings. The van der Waals surface area contributed by atoms with Crippen molar-refractivity contribution in [2.75, 3.05) is 7.11 Å². The molecule has 3 nitrogen and oxygen atoms in total. The van der Waals surface area contributed by atoms with Gasteiger partial charge in [0.05, 0.1) is 7.11 Å². The van der Waals surface area contributed by atoms with E-state index in [4.69, 9.17) is 4.74 Å². The molecule has 0 atom stereocenters. The zero-order chi connectivity index (χ0) is 13.8. The summed E-state index contributed by atoms with van der Waals surface area (Å²) in [5, 5.41) is 9.51. The number of aryl methyl sites for hydroxylation is 1. The van der Waals surface area contributed by atoms with E-state index in [1.165, 1.54) is 13.2 Å². The summed E-state index contributed by atoms with van der Waals surface area (Å²) in [4.78, 5) is 12.2. The SMILES string of the molecule is COc1cc(C(=O)Cc2ccccc2C)ccc1O. The largest absolute Gasteiger partial charge is 0.504 e. The lowest BCUT2D eigenvalue weighted by Gasteiger charge is -2.07. The average molecular weight is 256 g/mol. The second kappa shape index (κ2) is 5.57. The van der Waals surface area contributed by atoms with Gasteiger partial charge in [0.25, 0.3) is 0 Å². The van der Waals surface area contributed by atoms with Crippen molar-refractivity contribution in [1.82, 2.24) is 0 Å². The van der Waals surface area contributed by atoms with Crippen molar-refractivity contribution in [1.29, 1.82) is 0 Å². The summed E-state index contributed by atoms with van der Waals surface area (Å²) >= 11 is 0. The highest BCUT2D eigenvalue weighted by atomic mass is 16.5. The first-order valence-electron chi connectivity index (χ1n) is 6.06. The summed E-state index contributed by atoms with van der Waals surface area (Å²) < 4.78 is 5.01. The average Bonchev–Trinajstić information content (AvgIpc) is 2.42. The smallest absolute Gasteiger partial charge is 0.167 e. The Labute approximate surface area is 112 Å². The number of phenolic OH excluding ortho intramolecular Hbond substituents is 1. The van der Waals surface area contributed by atoms with Crippen LogP contribution in [0.4, 0.5) is 0 Å². The molecule has 1 N–H and O–H groups in total. The Kier molecular flexibility index (Phi) is 3.85. The maximum atomic E-state index is 12.2. The van der Waals surface area contributed by atoms with Gasteiger partial charge in [-0.2, -0.15) is 0 Å². The topological polar surface area (TPSA) is 46.5 Å². The molecule has 0 heterocycles. The van der Waals surface area contributed by atoms with Gasteiger partial charge < -0.3 is 9.84 Å². The van der Waals surface area contributed by atoms with E-state index >= 15 is 0 Å². The number of benzene rings is 2. The minimum absolute atomic E-state index is 0.00704. The molecule has 0 fully saturated rings. The van der Waals surface area contributed by atoms with E-state index in [2.05, 4.69) is 0 Å². The highest BCUT2D eigenvalue weighted by Crippen LogP contribution is 2.27. The van der Waals surface area contributed by atoms with Crippen LogP contribution < -0.4 is 4.74 Å². The summed E-state index contributed by atoms with van der Waals surface area (Å²) in [6.45, 7) is 1.99. The lowest BCUT2D eigenvalue weighted by Crippen LogP contribution is -2.05. The summed E-state index contributed by atoms with van der Waals surface area (Å²) in [7, 11) is 1.46. The lowest BCUT2D eigenvalue weighted by molar-refractivity contribution is 0.0992. The molecule has 0 radical (unpaired) electrons. The molecule has 0 aromatic heterocycles. The van der Waals surface area contributed by atoms with Crippen molar-refractivity contribution in [3.63, 3.8) is 0 Å². The van der Waals surface area contributed by atoms with Gasteiger partial charge in [0.2, 0.25) is 0 Å². The fraction of sp³-hybridized carbons (Fsp3) is 0.188. The van der Waals surface area contributed by atoms with Gasteiger partial charge in [0, 0.05) is 12.0 Å². The quantitative estimate of drug-likeness (QED) is 0.855. The number of carbonyl (C=O) groups is 1. The van der Waals surface area contributed by atoms with Crippen LogP contribution in [0, 0.1) is 6.92 Å². The standard InChI is InChI=1S/C16H16O3/c1-11-5-3-4-6-12(11)9-15(18)13-7-8-14(17)16(10-13)19-2/h3-8,10,17H,9H2,1-2H3. The minimum atomic E-state index is 0.00704. The van der Waals surface area contributed by atoms with Crippen molar-refractivity contribution in [3.05, 3.63) is 59.2 Å². The number of carbonyl (C=O) groups excluding carboxylic acids is 1. The number of phenols is 1. The minimum Gasteiger partial charge on any atom is -0.504 e. The van der Waals surface area contributed by atoms with Gasteiger partial charge >= 0.3 is 0 Å². The van der Waals surface area contributed by atoms with E-state index in [-0.39, 0.29) is 11.5 Å². The lowest BCUT2D eigenvalue weighted by atomic mass is 9.99. The number of ketones is 1. The zero-order valence-corrected chi connectivity index (χ0v) is 11.0. The normalized spacial score (nSPS) is 10.2. The maximum Gasteiger partial charge on any atom is 0.167 e. The first kappa shape index (κ1) is 13.1. The highest BCUT2D eigenvalue weighted by Gasteiger charge is 2.11. The van der Waals surface area contributed by atoms with E-state index in [1.54, 1.807) is 12.1 Å². The van der Waals surface area contributed by atoms with Crippen molar-refractivity contribution in [3.8, 4) is 11.5 Å². The molecule has 0 bridgehead atoms. The number of hydrogen-bond acceptors (Lipinski definition) is 3. The summed E-state index contributed by atoms with van der Waals surface area (Å²) in [6.07, 6.45) is 0.348. The summed E-state index contributed by atoms with van der Waals surface area (Å²) in [5.74, 6) is 0.359. The van der Waals surface area contributed by atoms with Gasteiger partial charge in [-0.15, -0.1) is 0 Å². The van der Waals surface area contributed by atoms with Crippen molar-refractivity contribution in [2.24, 2.45) is 0 Å². The highest BCUT2D eigenvalue weighted by molar-refractivity contribution is 5.98. The monoisotopic (exact) mass is 256 g/mol. The molecule has 0 aliphatic carbocycles. The van der Waals surface area contributed by atoms with Crippen LogP contribution in [0.25, 0.3) is 0 Å². The van der Waals surface area contributed by atoms with Gasteiger partial charge in [-0.3, -0.25) is 4.79 Å². The zero-order valence-electron chi connectivity index (χ0n) is 11.0. The first-order valence-corrected chi connectivity index (χ1v) is 6.06. The van der Waals surface area contributed by atoms with Gasteiger partial charge in [-0.1, -0.05) is 24.3 Å². The number of Topliss-reactive ketones (excluding diaryl/α,β-unsaturated/α-hetero) is 1. The van der Waals surface area contributed by atoms with Gasteiger partial charge in [0.1, 0.15) is 0 Å². The van der Waals surface area contributed by atoms with E-state index in [0.717, 1.165) is 11.1 Å². The number of aromatic hydroxyl groups is 1. The third kappa shape index (κ3) is 2.94. The van der Waals surface area contributed by atoms with Crippen LogP contribution in [-0.4, -0.2) is 18.0 Å². The summed E-state index contributed by atoms with van der Waals surface area (Å²) in [5.41, 5.74) is 2.65. The van der Waals surface area contributed by atoms with Crippen LogP contribution in [0.3, 0.4) is 0 Å². The Balaban J connectivity index is 2.23. The molecule has 19 heavy (non-hydrogen) atoms. The van der Waals surface area contributed by atoms with E-state index in [1.807, 2.05) is 31.2 Å². The van der Waals surface area contributed by atoms with Gasteiger partial charge in [-0.05, 0) is 36.2 Å². The van der Waals surface area contributed by atoms with Crippen LogP contribution in [0.15, 0.2) is 42.5 Å². The molecule has 3 heteroatoms. The fourth-order valence-corrected chi connectivity index (χ4v) is 1.93. The van der Waals surface area contributed by atoms with Crippen LogP contribution in [0.1, 0.15) is 21.5 Å². The molecule has 0 unspecified atom stereocenters. The molecule has 2 aromatic carbocycles. The maximum absolute atomic E-state index is 12.2. The molecule has 2 rings (SSSR count). The predicted octanol–water partition coefficient (Wildman–Crippen LogP) is 3.13. The molecule has 0 saturated carbocycles. The first-order chi connectivity index (χ1) is 9.11. The van der Waals surface area contributed by atoms with E-state index < -0.39 is 0 Å². The van der Waals surface area contributed by atoms with E-state index in [9.17, 15) is 9.90 Å². The number of ether oxygens (including phenoxy) is 1. The van der Waals surface area contributed by atoms with Crippen molar-refractivity contribution >= 4 is 5.78 Å². The molecule has 0 spiro atoms. The Morgan fingerprint density at radius 3 is 2.63 bits per heavy atom. The van der Waals surface area contributed by atoms with Gasteiger partial charge in [-0.25, -0.2) is 0 Å². The van der Waals surface area contributed by atoms with Crippen LogP contribution >= 0.6 is 0 Å². The van der Waals surface area contributed by atoms with E-state index in [0.29, 0.717) is 17.7 Å². The molecule has 0 saturated heterocycles. The fourth-order valence-electron chi connectivity index (χ4n) is 1.93. The molecule has 0 amide bonds.